The third-order valence-corrected chi connectivity index (χ3v) is 5.82. The first-order chi connectivity index (χ1) is 12.9. The van der Waals surface area contributed by atoms with Gasteiger partial charge < -0.3 is 4.74 Å². The van der Waals surface area contributed by atoms with E-state index in [1.165, 1.54) is 7.11 Å². The van der Waals surface area contributed by atoms with Crippen LogP contribution in [0.1, 0.15) is 16.7 Å². The van der Waals surface area contributed by atoms with E-state index in [1.807, 2.05) is 12.1 Å². The number of nitriles is 1. The number of carbonyl (C=O) groups excluding carboxylic acids is 2. The lowest BCUT2D eigenvalue weighted by Crippen LogP contribution is -2.27. The zero-order chi connectivity index (χ0) is 19.6. The van der Waals surface area contributed by atoms with Crippen molar-refractivity contribution in [3.63, 3.8) is 0 Å². The highest BCUT2D eigenvalue weighted by Gasteiger charge is 2.35. The predicted octanol–water partition coefficient (Wildman–Crippen LogP) is 5.33. The number of ether oxygens (including phenoxy) is 1. The van der Waals surface area contributed by atoms with Gasteiger partial charge in [-0.15, -0.1) is 0 Å². The Labute approximate surface area is 177 Å². The Bertz CT molecular complexity index is 1010. The zero-order valence-electron chi connectivity index (χ0n) is 14.0. The Morgan fingerprint density at radius 2 is 2.00 bits per heavy atom. The lowest BCUT2D eigenvalue weighted by molar-refractivity contribution is -0.123. The highest BCUT2D eigenvalue weighted by atomic mass is 79.9. The van der Waals surface area contributed by atoms with Crippen molar-refractivity contribution in [2.45, 2.75) is 6.54 Å². The van der Waals surface area contributed by atoms with Gasteiger partial charge in [-0.1, -0.05) is 34.1 Å². The Balaban J connectivity index is 1.93. The summed E-state index contributed by atoms with van der Waals surface area (Å²) < 4.78 is 6.93. The summed E-state index contributed by atoms with van der Waals surface area (Å²) in [5, 5.41) is 8.83. The molecule has 8 heteroatoms. The standard InChI is InChI=1S/C19H12Br2N2O3S/c1-26-17-13(6-14(20)8-15(17)21)7-16-18(24)23(19(25)27-16)10-12-5-3-2-4-11(12)9-22/h2-8H,10H2,1H3/b16-7+. The molecule has 1 aliphatic heterocycles. The van der Waals surface area contributed by atoms with Crippen LogP contribution in [-0.4, -0.2) is 23.2 Å². The minimum atomic E-state index is -0.393. The zero-order valence-corrected chi connectivity index (χ0v) is 18.0. The topological polar surface area (TPSA) is 70.4 Å². The number of imide groups is 1. The van der Waals surface area contributed by atoms with E-state index in [0.29, 0.717) is 27.3 Å². The van der Waals surface area contributed by atoms with Gasteiger partial charge in [-0.3, -0.25) is 14.5 Å². The van der Waals surface area contributed by atoms with E-state index >= 15 is 0 Å². The second-order valence-electron chi connectivity index (χ2n) is 5.55. The molecule has 27 heavy (non-hydrogen) atoms. The fourth-order valence-corrected chi connectivity index (χ4v) is 4.87. The van der Waals surface area contributed by atoms with E-state index in [0.717, 1.165) is 25.6 Å². The Morgan fingerprint density at radius 1 is 1.26 bits per heavy atom. The summed E-state index contributed by atoms with van der Waals surface area (Å²) >= 11 is 7.70. The largest absolute Gasteiger partial charge is 0.495 e. The van der Waals surface area contributed by atoms with Crippen LogP contribution in [0.25, 0.3) is 6.08 Å². The number of carbonyl (C=O) groups is 2. The van der Waals surface area contributed by atoms with E-state index in [1.54, 1.807) is 30.3 Å². The lowest BCUT2D eigenvalue weighted by atomic mass is 10.1. The monoisotopic (exact) mass is 506 g/mol. The van der Waals surface area contributed by atoms with Gasteiger partial charge in [0.05, 0.1) is 34.7 Å². The maximum absolute atomic E-state index is 12.8. The Hall–Kier alpha value is -2.08. The Morgan fingerprint density at radius 3 is 2.70 bits per heavy atom. The normalized spacial score (nSPS) is 15.3. The molecular formula is C19H12Br2N2O3S. The first kappa shape index (κ1) is 19.7. The quantitative estimate of drug-likeness (QED) is 0.523. The van der Waals surface area contributed by atoms with Crippen LogP contribution in [0.3, 0.4) is 0 Å². The first-order valence-electron chi connectivity index (χ1n) is 7.71. The summed E-state index contributed by atoms with van der Waals surface area (Å²) in [6, 6.07) is 12.6. The summed E-state index contributed by atoms with van der Waals surface area (Å²) in [5.74, 6) is 0.177. The molecule has 5 nitrogen and oxygen atoms in total. The molecule has 2 aromatic carbocycles. The molecule has 0 unspecified atom stereocenters. The maximum atomic E-state index is 12.8. The summed E-state index contributed by atoms with van der Waals surface area (Å²) in [4.78, 5) is 26.6. The molecule has 0 N–H and O–H groups in total. The second kappa shape index (κ2) is 8.30. The molecule has 2 amide bonds. The molecule has 0 aliphatic carbocycles. The van der Waals surface area contributed by atoms with Crippen LogP contribution in [0.15, 0.2) is 50.2 Å². The number of hydrogen-bond donors (Lipinski definition) is 0. The molecule has 1 saturated heterocycles. The maximum Gasteiger partial charge on any atom is 0.293 e. The molecule has 2 aromatic rings. The molecule has 1 aliphatic rings. The van der Waals surface area contributed by atoms with Crippen molar-refractivity contribution in [3.05, 3.63) is 66.9 Å². The van der Waals surface area contributed by atoms with Crippen molar-refractivity contribution < 1.29 is 14.3 Å². The lowest BCUT2D eigenvalue weighted by Gasteiger charge is -2.13. The van der Waals surface area contributed by atoms with Crippen molar-refractivity contribution in [3.8, 4) is 11.8 Å². The summed E-state index contributed by atoms with van der Waals surface area (Å²) in [7, 11) is 1.54. The van der Waals surface area contributed by atoms with Gasteiger partial charge in [-0.25, -0.2) is 0 Å². The van der Waals surface area contributed by atoms with Crippen molar-refractivity contribution in [2.24, 2.45) is 0 Å². The van der Waals surface area contributed by atoms with Crippen LogP contribution in [-0.2, 0) is 11.3 Å². The third-order valence-electron chi connectivity index (χ3n) is 3.87. The molecule has 0 radical (unpaired) electrons. The number of methoxy groups -OCH3 is 1. The van der Waals surface area contributed by atoms with Crippen molar-refractivity contribution in [2.75, 3.05) is 7.11 Å². The summed E-state index contributed by atoms with van der Waals surface area (Å²) in [5.41, 5.74) is 1.74. The van der Waals surface area contributed by atoms with Crippen LogP contribution in [0.2, 0.25) is 0 Å². The second-order valence-corrected chi connectivity index (χ2v) is 8.31. The third kappa shape index (κ3) is 4.10. The van der Waals surface area contributed by atoms with Gasteiger partial charge in [0, 0.05) is 10.0 Å². The highest BCUT2D eigenvalue weighted by molar-refractivity contribution is 9.11. The van der Waals surface area contributed by atoms with Crippen molar-refractivity contribution in [1.29, 1.82) is 5.26 Å². The molecule has 0 spiro atoms. The SMILES string of the molecule is COc1c(Br)cc(Br)cc1/C=C1/SC(=O)N(Cc2ccccc2C#N)C1=O. The smallest absolute Gasteiger partial charge is 0.293 e. The number of rotatable bonds is 4. The van der Waals surface area contributed by atoms with Gasteiger partial charge in [0.1, 0.15) is 5.75 Å². The van der Waals surface area contributed by atoms with Gasteiger partial charge in [-0.05, 0) is 57.5 Å². The van der Waals surface area contributed by atoms with Crippen LogP contribution in [0, 0.1) is 11.3 Å². The van der Waals surface area contributed by atoms with E-state index in [9.17, 15) is 14.9 Å². The molecule has 3 rings (SSSR count). The fourth-order valence-electron chi connectivity index (χ4n) is 2.62. The molecule has 1 fully saturated rings. The van der Waals surface area contributed by atoms with Gasteiger partial charge in [0.2, 0.25) is 0 Å². The molecular weight excluding hydrogens is 496 g/mol. The van der Waals surface area contributed by atoms with Crippen LogP contribution in [0.4, 0.5) is 4.79 Å². The fraction of sp³-hybridized carbons (Fsp3) is 0.105. The highest BCUT2D eigenvalue weighted by Crippen LogP contribution is 2.38. The average Bonchev–Trinajstić information content (AvgIpc) is 2.89. The van der Waals surface area contributed by atoms with Gasteiger partial charge in [0.15, 0.2) is 0 Å². The number of benzene rings is 2. The van der Waals surface area contributed by atoms with Crippen molar-refractivity contribution >= 4 is 60.8 Å². The van der Waals surface area contributed by atoms with Crippen molar-refractivity contribution in [1.82, 2.24) is 4.90 Å². The molecule has 1 heterocycles. The predicted molar refractivity (Wildman–Crippen MR) is 111 cm³/mol. The van der Waals surface area contributed by atoms with Gasteiger partial charge >= 0.3 is 0 Å². The van der Waals surface area contributed by atoms with E-state index in [-0.39, 0.29) is 11.8 Å². The number of nitrogens with zero attached hydrogens (tertiary/aromatic N) is 2. The van der Waals surface area contributed by atoms with E-state index < -0.39 is 5.91 Å². The van der Waals surface area contributed by atoms with Gasteiger partial charge in [0.25, 0.3) is 11.1 Å². The first-order valence-corrected chi connectivity index (χ1v) is 10.1. The summed E-state index contributed by atoms with van der Waals surface area (Å²) in [6.07, 6.45) is 1.63. The van der Waals surface area contributed by atoms with Crippen LogP contribution in [0.5, 0.6) is 5.75 Å². The van der Waals surface area contributed by atoms with E-state index in [2.05, 4.69) is 37.9 Å². The minimum absolute atomic E-state index is 0.0606. The summed E-state index contributed by atoms with van der Waals surface area (Å²) in [6.45, 7) is 0.0606. The molecule has 0 atom stereocenters. The number of thioether (sulfide) groups is 1. The minimum Gasteiger partial charge on any atom is -0.495 e. The number of amides is 2. The van der Waals surface area contributed by atoms with E-state index in [4.69, 9.17) is 4.74 Å². The van der Waals surface area contributed by atoms with Gasteiger partial charge in [-0.2, -0.15) is 5.26 Å². The molecule has 136 valence electrons. The Kier molecular flexibility index (Phi) is 6.05. The number of hydrogen-bond acceptors (Lipinski definition) is 5. The average molecular weight is 508 g/mol. The molecule has 0 saturated carbocycles. The van der Waals surface area contributed by atoms with Crippen LogP contribution < -0.4 is 4.74 Å². The molecule has 0 aromatic heterocycles. The number of halogens is 2. The van der Waals surface area contributed by atoms with Crippen LogP contribution >= 0.6 is 43.6 Å². The molecule has 0 bridgehead atoms.